The zero-order valence-corrected chi connectivity index (χ0v) is 15.7. The number of fused-ring (bicyclic) bond motifs is 1. The minimum Gasteiger partial charge on any atom is -0.391 e. The molecule has 7 nitrogen and oxygen atoms in total. The fourth-order valence-electron chi connectivity index (χ4n) is 3.81. The van der Waals surface area contributed by atoms with E-state index in [1.807, 2.05) is 30.3 Å². The average Bonchev–Trinajstić information content (AvgIpc) is 3.15. The summed E-state index contributed by atoms with van der Waals surface area (Å²) in [6.07, 6.45) is 5.05. The number of aromatic amines is 1. The van der Waals surface area contributed by atoms with Crippen molar-refractivity contribution in [2.45, 2.75) is 31.9 Å². The highest BCUT2D eigenvalue weighted by molar-refractivity contribution is 5.95. The van der Waals surface area contributed by atoms with E-state index >= 15 is 0 Å². The van der Waals surface area contributed by atoms with E-state index in [-0.39, 0.29) is 11.8 Å². The van der Waals surface area contributed by atoms with Crippen molar-refractivity contribution in [1.29, 1.82) is 0 Å². The molecule has 2 N–H and O–H groups in total. The Morgan fingerprint density at radius 1 is 1.18 bits per heavy atom. The van der Waals surface area contributed by atoms with Crippen LogP contribution in [0.25, 0.3) is 6.08 Å². The SMILES string of the molecule is O=C(C=Cc1ccccc1)N1CCc2c(C(=O)N3CCCC(O)C3)n[nH]c2C1. The summed E-state index contributed by atoms with van der Waals surface area (Å²) in [7, 11) is 0. The minimum atomic E-state index is -0.461. The van der Waals surface area contributed by atoms with Gasteiger partial charge < -0.3 is 14.9 Å². The highest BCUT2D eigenvalue weighted by atomic mass is 16.3. The Balaban J connectivity index is 1.43. The lowest BCUT2D eigenvalue weighted by Gasteiger charge is -2.30. The fourth-order valence-corrected chi connectivity index (χ4v) is 3.81. The molecule has 2 amide bonds. The van der Waals surface area contributed by atoms with Gasteiger partial charge in [0.05, 0.1) is 18.3 Å². The molecule has 2 aromatic rings. The highest BCUT2D eigenvalue weighted by Gasteiger charge is 2.30. The van der Waals surface area contributed by atoms with E-state index in [1.54, 1.807) is 22.0 Å². The van der Waals surface area contributed by atoms with Crippen LogP contribution in [0.5, 0.6) is 0 Å². The number of aliphatic hydroxyl groups excluding tert-OH is 1. The lowest BCUT2D eigenvalue weighted by Crippen LogP contribution is -2.43. The standard InChI is InChI=1S/C21H24N4O3/c26-16-7-4-11-25(13-16)21(28)20-17-10-12-24(14-18(17)22-23-20)19(27)9-8-15-5-2-1-3-6-15/h1-3,5-6,8-9,16,26H,4,7,10-14H2,(H,22,23). The van der Waals surface area contributed by atoms with E-state index in [1.165, 1.54) is 0 Å². The van der Waals surface area contributed by atoms with Crippen LogP contribution in [0.15, 0.2) is 36.4 Å². The predicted octanol–water partition coefficient (Wildman–Crippen LogP) is 1.60. The molecule has 0 spiro atoms. The monoisotopic (exact) mass is 380 g/mol. The van der Waals surface area contributed by atoms with Crippen LogP contribution < -0.4 is 0 Å². The van der Waals surface area contributed by atoms with Gasteiger partial charge in [0.25, 0.3) is 5.91 Å². The van der Waals surface area contributed by atoms with E-state index in [9.17, 15) is 14.7 Å². The summed E-state index contributed by atoms with van der Waals surface area (Å²) in [5.41, 5.74) is 3.11. The molecular formula is C21H24N4O3. The highest BCUT2D eigenvalue weighted by Crippen LogP contribution is 2.23. The van der Waals surface area contributed by atoms with Gasteiger partial charge in [-0.25, -0.2) is 0 Å². The number of β-amino-alcohol motifs (C(OH)–C–C–N with tert-alkyl or cyclic N) is 1. The first-order chi connectivity index (χ1) is 13.6. The summed E-state index contributed by atoms with van der Waals surface area (Å²) in [5, 5.41) is 17.0. The van der Waals surface area contributed by atoms with Crippen molar-refractivity contribution in [3.05, 3.63) is 58.9 Å². The number of hydrogen-bond donors (Lipinski definition) is 2. The number of nitrogens with zero attached hydrogens (tertiary/aromatic N) is 3. The molecule has 3 heterocycles. The summed E-state index contributed by atoms with van der Waals surface area (Å²) >= 11 is 0. The zero-order chi connectivity index (χ0) is 19.5. The number of nitrogens with one attached hydrogen (secondary N) is 1. The molecule has 1 aromatic heterocycles. The maximum Gasteiger partial charge on any atom is 0.274 e. The second kappa shape index (κ2) is 7.98. The minimum absolute atomic E-state index is 0.0591. The fraction of sp³-hybridized carbons (Fsp3) is 0.381. The van der Waals surface area contributed by atoms with Crippen LogP contribution in [0.1, 0.15) is 40.2 Å². The number of carbonyl (C=O) groups is 2. The molecule has 0 saturated carbocycles. The Bertz CT molecular complexity index is 890. The van der Waals surface area contributed by atoms with Crippen LogP contribution in [-0.2, 0) is 17.8 Å². The third kappa shape index (κ3) is 3.84. The Morgan fingerprint density at radius 3 is 2.79 bits per heavy atom. The maximum absolute atomic E-state index is 12.8. The van der Waals surface area contributed by atoms with Crippen LogP contribution in [-0.4, -0.2) is 62.7 Å². The van der Waals surface area contributed by atoms with E-state index in [4.69, 9.17) is 0 Å². The predicted molar refractivity (Wildman–Crippen MR) is 104 cm³/mol. The number of aliphatic hydroxyl groups is 1. The summed E-state index contributed by atoms with van der Waals surface area (Å²) < 4.78 is 0. The van der Waals surface area contributed by atoms with Crippen molar-refractivity contribution in [3.63, 3.8) is 0 Å². The molecule has 4 rings (SSSR count). The molecule has 0 radical (unpaired) electrons. The second-order valence-electron chi connectivity index (χ2n) is 7.33. The molecule has 1 unspecified atom stereocenters. The van der Waals surface area contributed by atoms with Gasteiger partial charge in [0.2, 0.25) is 5.91 Å². The van der Waals surface area contributed by atoms with Crippen LogP contribution in [0, 0.1) is 0 Å². The van der Waals surface area contributed by atoms with E-state index < -0.39 is 6.10 Å². The second-order valence-corrected chi connectivity index (χ2v) is 7.33. The van der Waals surface area contributed by atoms with Crippen LogP contribution in [0.4, 0.5) is 0 Å². The van der Waals surface area contributed by atoms with Gasteiger partial charge in [0.15, 0.2) is 5.69 Å². The number of piperidine rings is 1. The third-order valence-corrected chi connectivity index (χ3v) is 5.35. The van der Waals surface area contributed by atoms with Gasteiger partial charge in [-0.3, -0.25) is 14.7 Å². The van der Waals surface area contributed by atoms with Crippen molar-refractivity contribution >= 4 is 17.9 Å². The van der Waals surface area contributed by atoms with Crippen molar-refractivity contribution in [2.24, 2.45) is 0 Å². The normalized spacial score (nSPS) is 19.7. The van der Waals surface area contributed by atoms with Gasteiger partial charge in [-0.2, -0.15) is 5.10 Å². The Hall–Kier alpha value is -2.93. The molecule has 1 saturated heterocycles. The van der Waals surface area contributed by atoms with Crippen molar-refractivity contribution in [1.82, 2.24) is 20.0 Å². The summed E-state index contributed by atoms with van der Waals surface area (Å²) in [6.45, 7) is 1.96. The zero-order valence-electron chi connectivity index (χ0n) is 15.7. The van der Waals surface area contributed by atoms with Gasteiger partial charge in [-0.1, -0.05) is 30.3 Å². The number of benzene rings is 1. The van der Waals surface area contributed by atoms with Gasteiger partial charge in [0.1, 0.15) is 0 Å². The number of amides is 2. The van der Waals surface area contributed by atoms with Crippen molar-refractivity contribution < 1.29 is 14.7 Å². The number of hydrogen-bond acceptors (Lipinski definition) is 4. The Morgan fingerprint density at radius 2 is 2.00 bits per heavy atom. The summed E-state index contributed by atoms with van der Waals surface area (Å²) in [5.74, 6) is -0.198. The summed E-state index contributed by atoms with van der Waals surface area (Å²) in [4.78, 5) is 28.7. The summed E-state index contributed by atoms with van der Waals surface area (Å²) in [6, 6.07) is 9.70. The van der Waals surface area contributed by atoms with E-state index in [2.05, 4.69) is 10.2 Å². The molecule has 146 valence electrons. The molecule has 1 aromatic carbocycles. The van der Waals surface area contributed by atoms with Crippen molar-refractivity contribution in [3.8, 4) is 0 Å². The Kier molecular flexibility index (Phi) is 5.25. The molecule has 1 fully saturated rings. The van der Waals surface area contributed by atoms with Gasteiger partial charge in [0, 0.05) is 31.3 Å². The van der Waals surface area contributed by atoms with E-state index in [0.717, 1.165) is 29.7 Å². The average molecular weight is 380 g/mol. The lowest BCUT2D eigenvalue weighted by atomic mass is 10.0. The van der Waals surface area contributed by atoms with Gasteiger partial charge in [-0.15, -0.1) is 0 Å². The number of aromatic nitrogens is 2. The molecule has 0 bridgehead atoms. The molecular weight excluding hydrogens is 356 g/mol. The van der Waals surface area contributed by atoms with Gasteiger partial charge in [-0.05, 0) is 30.9 Å². The number of carbonyl (C=O) groups excluding carboxylic acids is 2. The van der Waals surface area contributed by atoms with Gasteiger partial charge >= 0.3 is 0 Å². The topological polar surface area (TPSA) is 89.5 Å². The smallest absolute Gasteiger partial charge is 0.274 e. The van der Waals surface area contributed by atoms with E-state index in [0.29, 0.717) is 38.3 Å². The first-order valence-corrected chi connectivity index (χ1v) is 9.67. The number of H-pyrrole nitrogens is 1. The number of likely N-dealkylation sites (tertiary alicyclic amines) is 1. The lowest BCUT2D eigenvalue weighted by molar-refractivity contribution is -0.126. The van der Waals surface area contributed by atoms with Crippen LogP contribution in [0.2, 0.25) is 0 Å². The molecule has 2 aliphatic rings. The quantitative estimate of drug-likeness (QED) is 0.792. The largest absolute Gasteiger partial charge is 0.391 e. The molecule has 1 atom stereocenters. The molecule has 7 heteroatoms. The molecule has 0 aliphatic carbocycles. The van der Waals surface area contributed by atoms with Crippen LogP contribution in [0.3, 0.4) is 0 Å². The first-order valence-electron chi connectivity index (χ1n) is 9.67. The van der Waals surface area contributed by atoms with Crippen molar-refractivity contribution in [2.75, 3.05) is 19.6 Å². The number of rotatable bonds is 3. The molecule has 2 aliphatic heterocycles. The first kappa shape index (κ1) is 18.4. The van der Waals surface area contributed by atoms with Crippen LogP contribution >= 0.6 is 0 Å². The maximum atomic E-state index is 12.8. The molecule has 28 heavy (non-hydrogen) atoms. The Labute approximate surface area is 163 Å². The third-order valence-electron chi connectivity index (χ3n) is 5.35.